The minimum absolute atomic E-state index is 0.126. The number of aliphatic carboxylic acids is 1. The molecule has 25 heavy (non-hydrogen) atoms. The molecule has 1 aliphatic rings. The van der Waals surface area contributed by atoms with Gasteiger partial charge < -0.3 is 19.9 Å². The lowest BCUT2D eigenvalue weighted by atomic mass is 9.91. The molecule has 2 N–H and O–H groups in total. The predicted molar refractivity (Wildman–Crippen MR) is 87.2 cm³/mol. The largest absolute Gasteiger partial charge is 0.481 e. The molecule has 2 aromatic carbocycles. The molecule has 1 amide bonds. The van der Waals surface area contributed by atoms with Gasteiger partial charge in [-0.3, -0.25) is 9.59 Å². The third-order valence-electron chi connectivity index (χ3n) is 3.85. The van der Waals surface area contributed by atoms with E-state index in [0.717, 1.165) is 0 Å². The van der Waals surface area contributed by atoms with Crippen LogP contribution in [-0.4, -0.2) is 23.8 Å². The molecule has 0 radical (unpaired) electrons. The van der Waals surface area contributed by atoms with Gasteiger partial charge in [0.25, 0.3) is 0 Å². The summed E-state index contributed by atoms with van der Waals surface area (Å²) in [5, 5.41) is 11.7. The molecule has 2 aromatic rings. The fourth-order valence-electron chi connectivity index (χ4n) is 2.72. The van der Waals surface area contributed by atoms with Gasteiger partial charge in [0, 0.05) is 24.1 Å². The summed E-state index contributed by atoms with van der Waals surface area (Å²) in [5.74, 6) is -1.67. The summed E-state index contributed by atoms with van der Waals surface area (Å²) in [6.07, 6.45) is -0.489. The maximum atomic E-state index is 14.0. The first-order valence-electron chi connectivity index (χ1n) is 7.68. The van der Waals surface area contributed by atoms with E-state index in [-0.39, 0.29) is 25.2 Å². The third kappa shape index (κ3) is 4.06. The molecule has 0 saturated carbocycles. The lowest BCUT2D eigenvalue weighted by Gasteiger charge is -2.16. The molecule has 0 bridgehead atoms. The molecule has 1 atom stereocenters. The van der Waals surface area contributed by atoms with E-state index in [1.165, 1.54) is 18.2 Å². The van der Waals surface area contributed by atoms with Crippen molar-refractivity contribution in [3.63, 3.8) is 0 Å². The maximum absolute atomic E-state index is 14.0. The number of anilines is 1. The molecular weight excluding hydrogens is 329 g/mol. The molecule has 3 rings (SSSR count). The van der Waals surface area contributed by atoms with Gasteiger partial charge in [-0.1, -0.05) is 18.2 Å². The molecule has 1 aliphatic heterocycles. The van der Waals surface area contributed by atoms with E-state index in [1.807, 2.05) is 0 Å². The van der Waals surface area contributed by atoms with Crippen molar-refractivity contribution in [3.8, 4) is 11.5 Å². The summed E-state index contributed by atoms with van der Waals surface area (Å²) in [5.41, 5.74) is 0.711. The summed E-state index contributed by atoms with van der Waals surface area (Å²) in [6, 6.07) is 10.8. The number of ether oxygens (including phenoxy) is 2. The van der Waals surface area contributed by atoms with Crippen LogP contribution >= 0.6 is 0 Å². The van der Waals surface area contributed by atoms with Crippen molar-refractivity contribution in [3.05, 3.63) is 53.8 Å². The van der Waals surface area contributed by atoms with Crippen molar-refractivity contribution in [2.45, 2.75) is 18.8 Å². The average molecular weight is 345 g/mol. The van der Waals surface area contributed by atoms with Gasteiger partial charge in [0.1, 0.15) is 5.82 Å². The standard InChI is InChI=1S/C18H16FNO5/c19-14-4-2-1-3-13(14)11(8-18(22)23)7-17(21)20-12-5-6-15-16(9-12)25-10-24-15/h1-6,9,11H,7-8,10H2,(H,20,21)(H,22,23)/t11-/m0/s1. The SMILES string of the molecule is O=C(O)C[C@H](CC(=O)Nc1ccc2c(c1)OCO2)c1ccccc1F. The highest BCUT2D eigenvalue weighted by atomic mass is 19.1. The first-order valence-corrected chi connectivity index (χ1v) is 7.68. The van der Waals surface area contributed by atoms with E-state index >= 15 is 0 Å². The summed E-state index contributed by atoms with van der Waals surface area (Å²) in [7, 11) is 0. The highest BCUT2D eigenvalue weighted by Gasteiger charge is 2.22. The van der Waals surface area contributed by atoms with Crippen LogP contribution in [0.2, 0.25) is 0 Å². The number of benzene rings is 2. The summed E-state index contributed by atoms with van der Waals surface area (Å²) in [6.45, 7) is 0.126. The van der Waals surface area contributed by atoms with Gasteiger partial charge >= 0.3 is 5.97 Å². The Morgan fingerprint density at radius 3 is 2.64 bits per heavy atom. The Hall–Kier alpha value is -3.09. The van der Waals surface area contributed by atoms with E-state index in [0.29, 0.717) is 17.2 Å². The zero-order chi connectivity index (χ0) is 17.8. The van der Waals surface area contributed by atoms with Crippen LogP contribution in [0.15, 0.2) is 42.5 Å². The number of carboxylic acid groups (broad SMARTS) is 1. The Bertz CT molecular complexity index is 808. The zero-order valence-corrected chi connectivity index (χ0v) is 13.2. The number of amides is 1. The predicted octanol–water partition coefficient (Wildman–Crippen LogP) is 3.14. The summed E-state index contributed by atoms with van der Waals surface area (Å²) in [4.78, 5) is 23.4. The fraction of sp³-hybridized carbons (Fsp3) is 0.222. The number of nitrogens with one attached hydrogen (secondary N) is 1. The number of halogens is 1. The van der Waals surface area contributed by atoms with Crippen molar-refractivity contribution in [2.24, 2.45) is 0 Å². The van der Waals surface area contributed by atoms with Crippen molar-refractivity contribution in [1.29, 1.82) is 0 Å². The molecular formula is C18H16FNO5. The number of rotatable bonds is 6. The fourth-order valence-corrected chi connectivity index (χ4v) is 2.72. The molecule has 0 fully saturated rings. The monoisotopic (exact) mass is 345 g/mol. The second-order valence-corrected chi connectivity index (χ2v) is 5.64. The highest BCUT2D eigenvalue weighted by molar-refractivity contribution is 5.92. The number of carbonyl (C=O) groups excluding carboxylic acids is 1. The van der Waals surface area contributed by atoms with E-state index in [1.54, 1.807) is 24.3 Å². The number of fused-ring (bicyclic) bond motifs is 1. The average Bonchev–Trinajstić information content (AvgIpc) is 3.02. The highest BCUT2D eigenvalue weighted by Crippen LogP contribution is 2.34. The number of carbonyl (C=O) groups is 2. The van der Waals surface area contributed by atoms with Gasteiger partial charge in [-0.25, -0.2) is 4.39 Å². The van der Waals surface area contributed by atoms with Crippen molar-refractivity contribution in [1.82, 2.24) is 0 Å². The Labute approximate surface area is 143 Å². The molecule has 130 valence electrons. The normalized spacial score (nSPS) is 13.3. The van der Waals surface area contributed by atoms with Gasteiger partial charge in [-0.15, -0.1) is 0 Å². The van der Waals surface area contributed by atoms with Crippen LogP contribution in [0.25, 0.3) is 0 Å². The summed E-state index contributed by atoms with van der Waals surface area (Å²) >= 11 is 0. The molecule has 0 aromatic heterocycles. The number of hydrogen-bond donors (Lipinski definition) is 2. The van der Waals surface area contributed by atoms with Crippen LogP contribution < -0.4 is 14.8 Å². The van der Waals surface area contributed by atoms with Crippen LogP contribution in [0.4, 0.5) is 10.1 Å². The maximum Gasteiger partial charge on any atom is 0.303 e. The van der Waals surface area contributed by atoms with Crippen molar-refractivity contribution in [2.75, 3.05) is 12.1 Å². The molecule has 7 heteroatoms. The van der Waals surface area contributed by atoms with E-state index in [9.17, 15) is 14.0 Å². The van der Waals surface area contributed by atoms with Crippen LogP contribution in [-0.2, 0) is 9.59 Å². The van der Waals surface area contributed by atoms with Crippen LogP contribution in [0.1, 0.15) is 24.3 Å². The molecule has 0 unspecified atom stereocenters. The van der Waals surface area contributed by atoms with Crippen LogP contribution in [0.5, 0.6) is 11.5 Å². The lowest BCUT2D eigenvalue weighted by Crippen LogP contribution is -2.18. The number of carboxylic acids is 1. The van der Waals surface area contributed by atoms with Gasteiger partial charge in [-0.05, 0) is 23.8 Å². The molecule has 6 nitrogen and oxygen atoms in total. The third-order valence-corrected chi connectivity index (χ3v) is 3.85. The Balaban J connectivity index is 1.72. The first kappa shape index (κ1) is 16.8. The van der Waals surface area contributed by atoms with E-state index < -0.39 is 23.6 Å². The number of hydrogen-bond acceptors (Lipinski definition) is 4. The zero-order valence-electron chi connectivity index (χ0n) is 13.2. The quantitative estimate of drug-likeness (QED) is 0.840. The van der Waals surface area contributed by atoms with Crippen LogP contribution in [0, 0.1) is 5.82 Å². The molecule has 1 heterocycles. The van der Waals surface area contributed by atoms with Gasteiger partial charge in [0.15, 0.2) is 11.5 Å². The Kier molecular flexibility index (Phi) is 4.83. The minimum atomic E-state index is -1.09. The summed E-state index contributed by atoms with van der Waals surface area (Å²) < 4.78 is 24.4. The van der Waals surface area contributed by atoms with E-state index in [4.69, 9.17) is 14.6 Å². The molecule has 0 spiro atoms. The minimum Gasteiger partial charge on any atom is -0.481 e. The van der Waals surface area contributed by atoms with Gasteiger partial charge in [0.05, 0.1) is 6.42 Å². The van der Waals surface area contributed by atoms with Gasteiger partial charge in [0.2, 0.25) is 12.7 Å². The van der Waals surface area contributed by atoms with E-state index in [2.05, 4.69) is 5.32 Å². The molecule has 0 aliphatic carbocycles. The smallest absolute Gasteiger partial charge is 0.303 e. The second-order valence-electron chi connectivity index (χ2n) is 5.64. The van der Waals surface area contributed by atoms with Crippen molar-refractivity contribution >= 4 is 17.6 Å². The molecule has 0 saturated heterocycles. The Morgan fingerprint density at radius 1 is 1.12 bits per heavy atom. The second kappa shape index (κ2) is 7.21. The topological polar surface area (TPSA) is 84.9 Å². The van der Waals surface area contributed by atoms with Crippen LogP contribution in [0.3, 0.4) is 0 Å². The Morgan fingerprint density at radius 2 is 1.88 bits per heavy atom. The van der Waals surface area contributed by atoms with Crippen molar-refractivity contribution < 1.29 is 28.6 Å². The van der Waals surface area contributed by atoms with Gasteiger partial charge in [-0.2, -0.15) is 0 Å². The lowest BCUT2D eigenvalue weighted by molar-refractivity contribution is -0.137. The first-order chi connectivity index (χ1) is 12.0.